The fourth-order valence-corrected chi connectivity index (χ4v) is 2.94. The van der Waals surface area contributed by atoms with Crippen molar-refractivity contribution in [3.8, 4) is 17.2 Å². The summed E-state index contributed by atoms with van der Waals surface area (Å²) in [6, 6.07) is 10.1. The molecule has 3 aromatic rings. The van der Waals surface area contributed by atoms with Crippen LogP contribution in [0.2, 0.25) is 0 Å². The van der Waals surface area contributed by atoms with Gasteiger partial charge in [0.25, 0.3) is 5.89 Å². The van der Waals surface area contributed by atoms with Crippen LogP contribution in [0.25, 0.3) is 11.5 Å². The van der Waals surface area contributed by atoms with E-state index in [9.17, 15) is 14.0 Å². The minimum absolute atomic E-state index is 0.0497. The molecule has 1 saturated carbocycles. The van der Waals surface area contributed by atoms with Crippen LogP contribution in [0.5, 0.6) is 5.75 Å². The molecule has 8 nitrogen and oxygen atoms in total. The Hall–Kier alpha value is -3.75. The van der Waals surface area contributed by atoms with Gasteiger partial charge in [0, 0.05) is 17.0 Å². The molecule has 9 heteroatoms. The number of ketones is 1. The first-order valence-electron chi connectivity index (χ1n) is 9.41. The molecule has 2 amide bonds. The highest BCUT2D eigenvalue weighted by Crippen LogP contribution is 2.33. The standard InChI is InChI=1S/C21H19FN4O4/c1-11(29-15-7-4-13(5-8-15)18(27)12-2-3-12)19-25-20(30-26-19)14-6-9-17(16(22)10-14)24-21(23)28/h4-12H,2-3H2,1H3,(H3,23,24,28). The molecule has 4 rings (SSSR count). The lowest BCUT2D eigenvalue weighted by Crippen LogP contribution is -2.19. The molecule has 1 aliphatic rings. The minimum atomic E-state index is -0.863. The summed E-state index contributed by atoms with van der Waals surface area (Å²) in [5, 5.41) is 6.07. The topological polar surface area (TPSA) is 120 Å². The van der Waals surface area contributed by atoms with E-state index in [1.54, 1.807) is 31.2 Å². The summed E-state index contributed by atoms with van der Waals surface area (Å²) in [4.78, 5) is 27.2. The molecule has 1 atom stereocenters. The van der Waals surface area contributed by atoms with Gasteiger partial charge in [-0.25, -0.2) is 9.18 Å². The van der Waals surface area contributed by atoms with E-state index < -0.39 is 18.0 Å². The molecule has 2 aromatic carbocycles. The number of rotatable bonds is 7. The van der Waals surface area contributed by atoms with Crippen LogP contribution >= 0.6 is 0 Å². The van der Waals surface area contributed by atoms with E-state index in [4.69, 9.17) is 15.0 Å². The van der Waals surface area contributed by atoms with Crippen molar-refractivity contribution in [1.82, 2.24) is 10.1 Å². The molecule has 0 saturated heterocycles. The van der Waals surface area contributed by atoms with E-state index in [-0.39, 0.29) is 29.1 Å². The van der Waals surface area contributed by atoms with Gasteiger partial charge in [-0.05, 0) is 62.2 Å². The van der Waals surface area contributed by atoms with Gasteiger partial charge in [-0.15, -0.1) is 0 Å². The summed E-state index contributed by atoms with van der Waals surface area (Å²) in [6.45, 7) is 1.75. The lowest BCUT2D eigenvalue weighted by atomic mass is 10.1. The Morgan fingerprint density at radius 3 is 2.60 bits per heavy atom. The summed E-state index contributed by atoms with van der Waals surface area (Å²) in [5.41, 5.74) is 5.96. The Bertz CT molecular complexity index is 1090. The Balaban J connectivity index is 1.43. The van der Waals surface area contributed by atoms with Gasteiger partial charge in [-0.2, -0.15) is 4.98 Å². The SMILES string of the molecule is CC(Oc1ccc(C(=O)C2CC2)cc1)c1noc(-c2ccc(NC(N)=O)c(F)c2)n1. The van der Waals surface area contributed by atoms with Gasteiger partial charge in [0.1, 0.15) is 11.6 Å². The number of carbonyl (C=O) groups is 2. The lowest BCUT2D eigenvalue weighted by Gasteiger charge is -2.11. The zero-order chi connectivity index (χ0) is 21.3. The number of nitrogens with zero attached hydrogens (tertiary/aromatic N) is 2. The number of nitrogens with one attached hydrogen (secondary N) is 1. The van der Waals surface area contributed by atoms with Crippen LogP contribution in [-0.2, 0) is 0 Å². The van der Waals surface area contributed by atoms with Crippen LogP contribution in [0, 0.1) is 11.7 Å². The first kappa shape index (κ1) is 19.6. The third kappa shape index (κ3) is 4.29. The van der Waals surface area contributed by atoms with E-state index in [0.29, 0.717) is 16.9 Å². The van der Waals surface area contributed by atoms with Gasteiger partial charge in [0.15, 0.2) is 11.9 Å². The second-order valence-electron chi connectivity index (χ2n) is 7.06. The molecule has 1 fully saturated rings. The Morgan fingerprint density at radius 1 is 1.23 bits per heavy atom. The summed E-state index contributed by atoms with van der Waals surface area (Å²) in [7, 11) is 0. The average molecular weight is 410 g/mol. The molecule has 1 unspecified atom stereocenters. The van der Waals surface area contributed by atoms with Crippen molar-refractivity contribution in [2.75, 3.05) is 5.32 Å². The summed E-state index contributed by atoms with van der Waals surface area (Å²) in [5.74, 6) is 0.601. The molecule has 0 spiro atoms. The van der Waals surface area contributed by atoms with E-state index in [2.05, 4.69) is 15.5 Å². The van der Waals surface area contributed by atoms with Crippen molar-refractivity contribution in [1.29, 1.82) is 0 Å². The van der Waals surface area contributed by atoms with Crippen molar-refractivity contribution in [2.24, 2.45) is 11.7 Å². The van der Waals surface area contributed by atoms with Gasteiger partial charge >= 0.3 is 6.03 Å². The fourth-order valence-electron chi connectivity index (χ4n) is 2.94. The Morgan fingerprint density at radius 2 is 1.97 bits per heavy atom. The predicted octanol–water partition coefficient (Wildman–Crippen LogP) is 4.10. The quantitative estimate of drug-likeness (QED) is 0.566. The maximum absolute atomic E-state index is 14.1. The summed E-state index contributed by atoms with van der Waals surface area (Å²) >= 11 is 0. The van der Waals surface area contributed by atoms with Crippen LogP contribution in [0.15, 0.2) is 47.0 Å². The van der Waals surface area contributed by atoms with Crippen LogP contribution < -0.4 is 15.8 Å². The average Bonchev–Trinajstić information content (AvgIpc) is 3.45. The summed E-state index contributed by atoms with van der Waals surface area (Å²) < 4.78 is 25.1. The van der Waals surface area contributed by atoms with Crippen LogP contribution in [0.3, 0.4) is 0 Å². The monoisotopic (exact) mass is 410 g/mol. The van der Waals surface area contributed by atoms with Crippen LogP contribution in [-0.4, -0.2) is 22.0 Å². The van der Waals surface area contributed by atoms with Crippen LogP contribution in [0.4, 0.5) is 14.9 Å². The van der Waals surface area contributed by atoms with E-state index >= 15 is 0 Å². The number of Topliss-reactive ketones (excluding diaryl/α,β-unsaturated/α-hetero) is 1. The molecular formula is C21H19FN4O4. The van der Waals surface area contributed by atoms with E-state index in [0.717, 1.165) is 18.9 Å². The second kappa shape index (κ2) is 7.94. The van der Waals surface area contributed by atoms with Gasteiger partial charge < -0.3 is 20.3 Å². The molecule has 0 aliphatic heterocycles. The minimum Gasteiger partial charge on any atom is -0.483 e. The number of halogens is 1. The molecule has 30 heavy (non-hydrogen) atoms. The number of aromatic nitrogens is 2. The first-order valence-corrected chi connectivity index (χ1v) is 9.41. The molecule has 154 valence electrons. The largest absolute Gasteiger partial charge is 0.483 e. The van der Waals surface area contributed by atoms with Crippen molar-refractivity contribution >= 4 is 17.5 Å². The Labute approximate surface area is 171 Å². The number of urea groups is 1. The van der Waals surface area contributed by atoms with Crippen molar-refractivity contribution in [3.05, 3.63) is 59.7 Å². The number of primary amides is 1. The molecule has 0 bridgehead atoms. The number of ether oxygens (including phenoxy) is 1. The maximum atomic E-state index is 14.1. The highest BCUT2D eigenvalue weighted by atomic mass is 19.1. The number of hydrogen-bond donors (Lipinski definition) is 2. The Kier molecular flexibility index (Phi) is 5.18. The zero-order valence-corrected chi connectivity index (χ0v) is 16.1. The van der Waals surface area contributed by atoms with E-state index in [1.165, 1.54) is 12.1 Å². The predicted molar refractivity (Wildman–Crippen MR) is 105 cm³/mol. The van der Waals surface area contributed by atoms with Gasteiger partial charge in [-0.3, -0.25) is 4.79 Å². The molecule has 1 heterocycles. The van der Waals surface area contributed by atoms with Gasteiger partial charge in [0.2, 0.25) is 5.82 Å². The van der Waals surface area contributed by atoms with Gasteiger partial charge in [0.05, 0.1) is 5.69 Å². The summed E-state index contributed by atoms with van der Waals surface area (Å²) in [6.07, 6.45) is 1.39. The van der Waals surface area contributed by atoms with Crippen molar-refractivity contribution in [3.63, 3.8) is 0 Å². The third-order valence-electron chi connectivity index (χ3n) is 4.68. The number of carbonyl (C=O) groups excluding carboxylic acids is 2. The number of benzene rings is 2. The van der Waals surface area contributed by atoms with Crippen LogP contribution in [0.1, 0.15) is 42.1 Å². The highest BCUT2D eigenvalue weighted by molar-refractivity contribution is 5.99. The lowest BCUT2D eigenvalue weighted by molar-refractivity contribution is 0.0967. The molecule has 3 N–H and O–H groups in total. The number of nitrogens with two attached hydrogens (primary N) is 1. The number of hydrogen-bond acceptors (Lipinski definition) is 6. The molecular weight excluding hydrogens is 391 g/mol. The zero-order valence-electron chi connectivity index (χ0n) is 16.1. The fraction of sp³-hybridized carbons (Fsp3) is 0.238. The molecule has 1 aromatic heterocycles. The molecule has 0 radical (unpaired) electrons. The molecule has 1 aliphatic carbocycles. The first-order chi connectivity index (χ1) is 14.4. The smallest absolute Gasteiger partial charge is 0.316 e. The van der Waals surface area contributed by atoms with Crippen molar-refractivity contribution < 1.29 is 23.2 Å². The normalized spacial score (nSPS) is 14.2. The second-order valence-corrected chi connectivity index (χ2v) is 7.06. The van der Waals surface area contributed by atoms with E-state index in [1.807, 2.05) is 0 Å². The van der Waals surface area contributed by atoms with Crippen molar-refractivity contribution in [2.45, 2.75) is 25.9 Å². The van der Waals surface area contributed by atoms with Gasteiger partial charge in [-0.1, -0.05) is 5.16 Å². The highest BCUT2D eigenvalue weighted by Gasteiger charge is 2.30. The number of anilines is 1. The number of amides is 2. The maximum Gasteiger partial charge on any atom is 0.316 e. The third-order valence-corrected chi connectivity index (χ3v) is 4.68.